The Balaban J connectivity index is 3.18. The average molecular weight is 130 g/mol. The second-order valence-electron chi connectivity index (χ2n) is 1.21. The molecular formula is C5H10N2S. The first-order valence-electron chi connectivity index (χ1n) is 2.46. The Morgan fingerprint density at radius 1 is 1.88 bits per heavy atom. The molecule has 46 valence electrons. The summed E-state index contributed by atoms with van der Waals surface area (Å²) in [4.78, 5) is 0. The summed E-state index contributed by atoms with van der Waals surface area (Å²) >= 11 is 4.76. The van der Waals surface area contributed by atoms with Crippen LogP contribution in [0.5, 0.6) is 0 Å². The molecule has 0 fully saturated rings. The van der Waals surface area contributed by atoms with Crippen LogP contribution in [0, 0.1) is 0 Å². The molecule has 0 aromatic rings. The molecule has 0 heterocycles. The molecule has 2 nitrogen and oxygen atoms in total. The van der Waals surface area contributed by atoms with Gasteiger partial charge in [0.2, 0.25) is 0 Å². The SMILES string of the molecule is C=CNC(=S)NCC. The molecule has 0 unspecified atom stereocenters. The second kappa shape index (κ2) is 4.59. The van der Waals surface area contributed by atoms with Gasteiger partial charge in [-0.3, -0.25) is 0 Å². The largest absolute Gasteiger partial charge is 0.363 e. The Morgan fingerprint density at radius 2 is 2.50 bits per heavy atom. The molecule has 0 aliphatic heterocycles. The fraction of sp³-hybridized carbons (Fsp3) is 0.400. The monoisotopic (exact) mass is 130 g/mol. The van der Waals surface area contributed by atoms with E-state index in [0.717, 1.165) is 6.54 Å². The van der Waals surface area contributed by atoms with E-state index in [2.05, 4.69) is 17.2 Å². The van der Waals surface area contributed by atoms with Crippen molar-refractivity contribution in [3.8, 4) is 0 Å². The molecular weight excluding hydrogens is 120 g/mol. The van der Waals surface area contributed by atoms with Gasteiger partial charge in [-0.1, -0.05) is 6.58 Å². The fourth-order valence-electron chi connectivity index (χ4n) is 0.304. The number of nitrogens with one attached hydrogen (secondary N) is 2. The van der Waals surface area contributed by atoms with Crippen LogP contribution in [0.4, 0.5) is 0 Å². The van der Waals surface area contributed by atoms with Gasteiger partial charge in [-0.05, 0) is 25.3 Å². The van der Waals surface area contributed by atoms with E-state index in [1.54, 1.807) is 6.20 Å². The maximum Gasteiger partial charge on any atom is 0.170 e. The van der Waals surface area contributed by atoms with Crippen LogP contribution < -0.4 is 10.6 Å². The molecule has 0 aliphatic rings. The zero-order chi connectivity index (χ0) is 6.41. The van der Waals surface area contributed by atoms with Crippen molar-refractivity contribution in [2.75, 3.05) is 6.54 Å². The molecule has 8 heavy (non-hydrogen) atoms. The van der Waals surface area contributed by atoms with Crippen molar-refractivity contribution >= 4 is 17.3 Å². The van der Waals surface area contributed by atoms with Gasteiger partial charge in [-0.15, -0.1) is 0 Å². The first kappa shape index (κ1) is 7.43. The first-order chi connectivity index (χ1) is 3.81. The summed E-state index contributed by atoms with van der Waals surface area (Å²) in [6, 6.07) is 0. The van der Waals surface area contributed by atoms with Crippen LogP contribution in [0.2, 0.25) is 0 Å². The maximum atomic E-state index is 4.76. The topological polar surface area (TPSA) is 24.1 Å². The zero-order valence-corrected chi connectivity index (χ0v) is 5.72. The minimum absolute atomic E-state index is 0.627. The van der Waals surface area contributed by atoms with Crippen LogP contribution in [-0.2, 0) is 0 Å². The van der Waals surface area contributed by atoms with Gasteiger partial charge in [0.05, 0.1) is 0 Å². The van der Waals surface area contributed by atoms with Crippen molar-refractivity contribution in [1.82, 2.24) is 10.6 Å². The van der Waals surface area contributed by atoms with E-state index >= 15 is 0 Å². The molecule has 0 radical (unpaired) electrons. The maximum absolute atomic E-state index is 4.76. The third-order valence-electron chi connectivity index (χ3n) is 0.570. The Morgan fingerprint density at radius 3 is 2.88 bits per heavy atom. The van der Waals surface area contributed by atoms with E-state index in [4.69, 9.17) is 12.2 Å². The second-order valence-corrected chi connectivity index (χ2v) is 1.62. The average Bonchev–Trinajstić information content (AvgIpc) is 1.68. The van der Waals surface area contributed by atoms with Crippen LogP contribution in [0.1, 0.15) is 6.92 Å². The Bertz CT molecular complexity index is 90.4. The molecule has 0 aromatic heterocycles. The summed E-state index contributed by atoms with van der Waals surface area (Å²) < 4.78 is 0. The van der Waals surface area contributed by atoms with Crippen molar-refractivity contribution in [3.05, 3.63) is 12.8 Å². The predicted molar refractivity (Wildman–Crippen MR) is 39.6 cm³/mol. The molecule has 0 aromatic carbocycles. The lowest BCUT2D eigenvalue weighted by Gasteiger charge is -2.01. The lowest BCUT2D eigenvalue weighted by atomic mass is 10.7. The van der Waals surface area contributed by atoms with E-state index in [-0.39, 0.29) is 0 Å². The van der Waals surface area contributed by atoms with Gasteiger partial charge >= 0.3 is 0 Å². The lowest BCUT2D eigenvalue weighted by Crippen LogP contribution is -2.31. The van der Waals surface area contributed by atoms with Crippen molar-refractivity contribution < 1.29 is 0 Å². The summed E-state index contributed by atoms with van der Waals surface area (Å²) in [6.07, 6.45) is 1.55. The van der Waals surface area contributed by atoms with Crippen molar-refractivity contribution in [3.63, 3.8) is 0 Å². The van der Waals surface area contributed by atoms with Gasteiger partial charge in [0, 0.05) is 6.54 Å². The van der Waals surface area contributed by atoms with Crippen LogP contribution in [-0.4, -0.2) is 11.7 Å². The molecule has 0 atom stereocenters. The standard InChI is InChI=1S/C5H10N2S/c1-3-6-5(8)7-4-2/h3H,1,4H2,2H3,(H2,6,7,8). The Hall–Kier alpha value is -0.570. The van der Waals surface area contributed by atoms with Crippen LogP contribution in [0.3, 0.4) is 0 Å². The first-order valence-corrected chi connectivity index (χ1v) is 2.87. The molecule has 0 saturated heterocycles. The highest BCUT2D eigenvalue weighted by molar-refractivity contribution is 7.80. The van der Waals surface area contributed by atoms with Gasteiger partial charge in [-0.2, -0.15) is 0 Å². The van der Waals surface area contributed by atoms with E-state index in [0.29, 0.717) is 5.11 Å². The van der Waals surface area contributed by atoms with Crippen molar-refractivity contribution in [2.24, 2.45) is 0 Å². The van der Waals surface area contributed by atoms with Gasteiger partial charge in [0.15, 0.2) is 5.11 Å². The minimum atomic E-state index is 0.627. The molecule has 2 N–H and O–H groups in total. The molecule has 0 spiro atoms. The van der Waals surface area contributed by atoms with E-state index in [1.807, 2.05) is 6.92 Å². The van der Waals surface area contributed by atoms with E-state index < -0.39 is 0 Å². The van der Waals surface area contributed by atoms with Gasteiger partial charge in [0.25, 0.3) is 0 Å². The molecule has 0 bridgehead atoms. The lowest BCUT2D eigenvalue weighted by molar-refractivity contribution is 0.948. The smallest absolute Gasteiger partial charge is 0.170 e. The minimum Gasteiger partial charge on any atom is -0.363 e. The summed E-state index contributed by atoms with van der Waals surface area (Å²) in [5.74, 6) is 0. The molecule has 0 saturated carbocycles. The van der Waals surface area contributed by atoms with Crippen molar-refractivity contribution in [1.29, 1.82) is 0 Å². The zero-order valence-electron chi connectivity index (χ0n) is 4.90. The highest BCUT2D eigenvalue weighted by atomic mass is 32.1. The summed E-state index contributed by atoms with van der Waals surface area (Å²) in [6.45, 7) is 6.27. The number of hydrogen-bond acceptors (Lipinski definition) is 1. The van der Waals surface area contributed by atoms with E-state index in [9.17, 15) is 0 Å². The normalized spacial score (nSPS) is 7.62. The Kier molecular flexibility index (Phi) is 4.26. The highest BCUT2D eigenvalue weighted by Crippen LogP contribution is 1.62. The molecule has 0 aliphatic carbocycles. The number of hydrogen-bond donors (Lipinski definition) is 2. The third kappa shape index (κ3) is 3.61. The van der Waals surface area contributed by atoms with Crippen LogP contribution >= 0.6 is 12.2 Å². The number of thiocarbonyl (C=S) groups is 1. The van der Waals surface area contributed by atoms with Gasteiger partial charge in [-0.25, -0.2) is 0 Å². The molecule has 0 amide bonds. The molecule has 3 heteroatoms. The van der Waals surface area contributed by atoms with E-state index in [1.165, 1.54) is 0 Å². The summed E-state index contributed by atoms with van der Waals surface area (Å²) in [5, 5.41) is 6.25. The van der Waals surface area contributed by atoms with Gasteiger partial charge < -0.3 is 10.6 Å². The fourth-order valence-corrected chi connectivity index (χ4v) is 0.532. The molecule has 0 rings (SSSR count). The highest BCUT2D eigenvalue weighted by Gasteiger charge is 1.82. The van der Waals surface area contributed by atoms with Crippen LogP contribution in [0.25, 0.3) is 0 Å². The van der Waals surface area contributed by atoms with Crippen LogP contribution in [0.15, 0.2) is 12.8 Å². The summed E-state index contributed by atoms with van der Waals surface area (Å²) in [7, 11) is 0. The summed E-state index contributed by atoms with van der Waals surface area (Å²) in [5.41, 5.74) is 0. The van der Waals surface area contributed by atoms with Gasteiger partial charge in [0.1, 0.15) is 0 Å². The van der Waals surface area contributed by atoms with Crippen molar-refractivity contribution in [2.45, 2.75) is 6.92 Å². The number of rotatable bonds is 2. The quantitative estimate of drug-likeness (QED) is 0.536. The third-order valence-corrected chi connectivity index (χ3v) is 0.833. The predicted octanol–water partition coefficient (Wildman–Crippen LogP) is 0.614. The Labute approximate surface area is 55.0 Å².